The van der Waals surface area contributed by atoms with E-state index in [1.807, 2.05) is 57.4 Å². The normalized spacial score (nSPS) is 14.4. The van der Waals surface area contributed by atoms with Gasteiger partial charge in [-0.05, 0) is 81.8 Å². The van der Waals surface area contributed by atoms with Crippen molar-refractivity contribution in [2.24, 2.45) is 0 Å². The average molecular weight is 542 g/mol. The van der Waals surface area contributed by atoms with Gasteiger partial charge in [-0.15, -0.1) is 0 Å². The largest absolute Gasteiger partial charge is 0.492 e. The second-order valence-electron chi connectivity index (χ2n) is 11.4. The van der Waals surface area contributed by atoms with Gasteiger partial charge in [0.05, 0.1) is 6.54 Å². The second kappa shape index (κ2) is 11.6. The number of ether oxygens (including phenoxy) is 2. The first kappa shape index (κ1) is 27.5. The Morgan fingerprint density at radius 2 is 1.73 bits per heavy atom. The van der Waals surface area contributed by atoms with Crippen LogP contribution in [0.15, 0.2) is 60.9 Å². The summed E-state index contributed by atoms with van der Waals surface area (Å²) in [5, 5.41) is 3.78. The molecule has 2 N–H and O–H groups in total. The highest BCUT2D eigenvalue weighted by atomic mass is 16.6. The van der Waals surface area contributed by atoms with Crippen LogP contribution in [0.5, 0.6) is 5.75 Å². The third-order valence-electron chi connectivity index (χ3n) is 7.11. The molecule has 0 atom stereocenters. The molecular weight excluding hydrogens is 502 g/mol. The summed E-state index contributed by atoms with van der Waals surface area (Å²) in [7, 11) is 2.18. The molecule has 210 valence electrons. The maximum absolute atomic E-state index is 11.8. The van der Waals surface area contributed by atoms with Crippen LogP contribution in [0.2, 0.25) is 0 Å². The molecule has 0 radical (unpaired) electrons. The molecule has 0 unspecified atom stereocenters. The molecule has 8 heteroatoms. The standard InChI is InChI=1S/C32H39N5O3/c1-22-18-24(8-11-29(22)37-15-13-36(5)14-16-37)25-19-27-28(21-35-30(27)34-20-25)23-6-9-26(10-7-23)39-17-12-33-31(38)40-32(2,3)4/h6-11,18-21H,12-17H2,1-5H3,(H,33,38)(H,34,35). The quantitative estimate of drug-likeness (QED) is 0.285. The highest BCUT2D eigenvalue weighted by molar-refractivity contribution is 5.96. The predicted octanol–water partition coefficient (Wildman–Crippen LogP) is 5.86. The number of amides is 1. The molecule has 8 nitrogen and oxygen atoms in total. The number of pyridine rings is 1. The Morgan fingerprint density at radius 3 is 2.42 bits per heavy atom. The summed E-state index contributed by atoms with van der Waals surface area (Å²) in [4.78, 5) is 24.7. The van der Waals surface area contributed by atoms with Gasteiger partial charge in [-0.1, -0.05) is 18.2 Å². The first-order valence-electron chi connectivity index (χ1n) is 13.9. The fourth-order valence-corrected chi connectivity index (χ4v) is 5.00. The molecule has 0 saturated carbocycles. The number of nitrogens with zero attached hydrogens (tertiary/aromatic N) is 3. The molecule has 1 amide bonds. The minimum Gasteiger partial charge on any atom is -0.492 e. The SMILES string of the molecule is Cc1cc(-c2cnc3[nH]cc(-c4ccc(OCCNC(=O)OC(C)(C)C)cc4)c3c2)ccc1N1CCN(C)CC1. The van der Waals surface area contributed by atoms with Gasteiger partial charge in [0.2, 0.25) is 0 Å². The Labute approximate surface area is 236 Å². The zero-order valence-corrected chi connectivity index (χ0v) is 24.1. The molecule has 2 aromatic carbocycles. The summed E-state index contributed by atoms with van der Waals surface area (Å²) in [6.45, 7) is 12.7. The van der Waals surface area contributed by atoms with Crippen molar-refractivity contribution in [1.29, 1.82) is 0 Å². The van der Waals surface area contributed by atoms with Gasteiger partial charge < -0.3 is 29.6 Å². The smallest absolute Gasteiger partial charge is 0.407 e. The third-order valence-corrected chi connectivity index (χ3v) is 7.11. The molecule has 0 aliphatic carbocycles. The molecule has 1 aliphatic heterocycles. The Kier molecular flexibility index (Phi) is 7.98. The number of aryl methyl sites for hydroxylation is 1. The monoisotopic (exact) mass is 541 g/mol. The van der Waals surface area contributed by atoms with Crippen LogP contribution in [0.25, 0.3) is 33.3 Å². The number of nitrogens with one attached hydrogen (secondary N) is 2. The van der Waals surface area contributed by atoms with Crippen LogP contribution in [-0.4, -0.2) is 72.9 Å². The molecule has 4 aromatic rings. The van der Waals surface area contributed by atoms with E-state index in [-0.39, 0.29) is 0 Å². The van der Waals surface area contributed by atoms with Crippen LogP contribution >= 0.6 is 0 Å². The number of piperazine rings is 1. The summed E-state index contributed by atoms with van der Waals surface area (Å²) in [6, 6.07) is 16.9. The van der Waals surface area contributed by atoms with Gasteiger partial charge in [-0.2, -0.15) is 0 Å². The first-order valence-corrected chi connectivity index (χ1v) is 13.9. The lowest BCUT2D eigenvalue weighted by atomic mass is 10.00. The number of fused-ring (bicyclic) bond motifs is 1. The fourth-order valence-electron chi connectivity index (χ4n) is 5.00. The van der Waals surface area contributed by atoms with Gasteiger partial charge >= 0.3 is 6.09 Å². The van der Waals surface area contributed by atoms with Crippen LogP contribution in [0.3, 0.4) is 0 Å². The maximum atomic E-state index is 11.8. The van der Waals surface area contributed by atoms with Gasteiger partial charge in [0.15, 0.2) is 0 Å². The number of anilines is 1. The summed E-state index contributed by atoms with van der Waals surface area (Å²) in [5.74, 6) is 0.740. The maximum Gasteiger partial charge on any atom is 0.407 e. The molecule has 1 saturated heterocycles. The zero-order chi connectivity index (χ0) is 28.3. The number of carbonyl (C=O) groups is 1. The van der Waals surface area contributed by atoms with Gasteiger partial charge in [-0.3, -0.25) is 0 Å². The predicted molar refractivity (Wildman–Crippen MR) is 161 cm³/mol. The van der Waals surface area contributed by atoms with E-state index < -0.39 is 11.7 Å². The van der Waals surface area contributed by atoms with E-state index >= 15 is 0 Å². The number of hydrogen-bond acceptors (Lipinski definition) is 6. The molecule has 40 heavy (non-hydrogen) atoms. The van der Waals surface area contributed by atoms with E-state index in [9.17, 15) is 4.79 Å². The topological polar surface area (TPSA) is 82.7 Å². The number of H-pyrrole nitrogens is 1. The molecule has 0 bridgehead atoms. The molecule has 1 aliphatic rings. The lowest BCUT2D eigenvalue weighted by Gasteiger charge is -2.35. The number of alkyl carbamates (subject to hydrolysis) is 1. The fraction of sp³-hybridized carbons (Fsp3) is 0.375. The molecular formula is C32H39N5O3. The molecule has 2 aromatic heterocycles. The van der Waals surface area contributed by atoms with E-state index in [0.717, 1.165) is 59.7 Å². The Balaban J connectivity index is 1.26. The Hall–Kier alpha value is -4.04. The number of rotatable bonds is 7. The summed E-state index contributed by atoms with van der Waals surface area (Å²) in [5.41, 5.74) is 7.37. The first-order chi connectivity index (χ1) is 19.2. The number of aromatic amines is 1. The van der Waals surface area contributed by atoms with Crippen molar-refractivity contribution in [3.05, 3.63) is 66.5 Å². The number of carbonyl (C=O) groups excluding carboxylic acids is 1. The second-order valence-corrected chi connectivity index (χ2v) is 11.4. The van der Waals surface area contributed by atoms with Crippen molar-refractivity contribution < 1.29 is 14.3 Å². The highest BCUT2D eigenvalue weighted by Crippen LogP contribution is 2.33. The number of hydrogen-bond donors (Lipinski definition) is 2. The average Bonchev–Trinajstić information content (AvgIpc) is 3.34. The summed E-state index contributed by atoms with van der Waals surface area (Å²) < 4.78 is 11.0. The van der Waals surface area contributed by atoms with Crippen molar-refractivity contribution in [3.8, 4) is 28.0 Å². The Bertz CT molecular complexity index is 1460. The van der Waals surface area contributed by atoms with E-state index in [1.165, 1.54) is 16.8 Å². The number of aromatic nitrogens is 2. The number of benzene rings is 2. The van der Waals surface area contributed by atoms with Crippen molar-refractivity contribution in [1.82, 2.24) is 20.2 Å². The molecule has 5 rings (SSSR count). The lowest BCUT2D eigenvalue weighted by Crippen LogP contribution is -2.44. The van der Waals surface area contributed by atoms with Gasteiger partial charge in [0.25, 0.3) is 0 Å². The van der Waals surface area contributed by atoms with Crippen LogP contribution in [0.1, 0.15) is 26.3 Å². The van der Waals surface area contributed by atoms with Crippen molar-refractivity contribution in [2.75, 3.05) is 51.3 Å². The van der Waals surface area contributed by atoms with E-state index in [0.29, 0.717) is 13.2 Å². The molecule has 1 fully saturated rings. The van der Waals surface area contributed by atoms with Crippen LogP contribution in [-0.2, 0) is 4.74 Å². The molecule has 0 spiro atoms. The van der Waals surface area contributed by atoms with Gasteiger partial charge in [0.1, 0.15) is 23.6 Å². The van der Waals surface area contributed by atoms with Gasteiger partial charge in [-0.25, -0.2) is 9.78 Å². The zero-order valence-electron chi connectivity index (χ0n) is 24.1. The van der Waals surface area contributed by atoms with Crippen LogP contribution in [0, 0.1) is 6.92 Å². The lowest BCUT2D eigenvalue weighted by molar-refractivity contribution is 0.0520. The van der Waals surface area contributed by atoms with E-state index in [1.54, 1.807) is 0 Å². The molecule has 3 heterocycles. The van der Waals surface area contributed by atoms with Crippen LogP contribution < -0.4 is 15.0 Å². The van der Waals surface area contributed by atoms with Crippen LogP contribution in [0.4, 0.5) is 10.5 Å². The summed E-state index contributed by atoms with van der Waals surface area (Å²) >= 11 is 0. The van der Waals surface area contributed by atoms with Gasteiger partial charge in [0, 0.05) is 60.8 Å². The van der Waals surface area contributed by atoms with Crippen molar-refractivity contribution in [3.63, 3.8) is 0 Å². The number of likely N-dealkylation sites (N-methyl/N-ethyl adjacent to an activating group) is 1. The minimum absolute atomic E-state index is 0.353. The highest BCUT2D eigenvalue weighted by Gasteiger charge is 2.17. The van der Waals surface area contributed by atoms with Crippen molar-refractivity contribution in [2.45, 2.75) is 33.3 Å². The Morgan fingerprint density at radius 1 is 1.00 bits per heavy atom. The van der Waals surface area contributed by atoms with E-state index in [4.69, 9.17) is 14.5 Å². The van der Waals surface area contributed by atoms with Crippen molar-refractivity contribution >= 4 is 22.8 Å². The van der Waals surface area contributed by atoms with E-state index in [2.05, 4.69) is 58.3 Å². The summed E-state index contributed by atoms with van der Waals surface area (Å²) in [6.07, 6.45) is 3.50. The third kappa shape index (κ3) is 6.57. The minimum atomic E-state index is -0.520.